The monoisotopic (exact) mass is 163 g/mol. The van der Waals surface area contributed by atoms with Gasteiger partial charge in [-0.2, -0.15) is 0 Å². The first kappa shape index (κ1) is 6.69. The third-order valence-electron chi connectivity index (χ3n) is 0.441. The second kappa shape index (κ2) is 3.87. The summed E-state index contributed by atoms with van der Waals surface area (Å²) in [6, 6.07) is 0. The quantitative estimate of drug-likeness (QED) is 0.477. The van der Waals surface area contributed by atoms with Crippen molar-refractivity contribution in [1.29, 1.82) is 0 Å². The van der Waals surface area contributed by atoms with E-state index < -0.39 is 0 Å². The molecule has 0 aliphatic heterocycles. The third-order valence-corrected chi connectivity index (χ3v) is 0.935. The molecule has 0 bridgehead atoms. The van der Waals surface area contributed by atoms with Crippen LogP contribution in [0.3, 0.4) is 0 Å². The topological polar surface area (TPSA) is 40.0 Å². The first-order chi connectivity index (χ1) is 3.31. The highest BCUT2D eigenvalue weighted by Gasteiger charge is 1.80. The van der Waals surface area contributed by atoms with Gasteiger partial charge in [0.25, 0.3) is 0 Å². The lowest BCUT2D eigenvalue weighted by atomic mass is 10.7. The standard InChI is InChI=1S/C4H7BrN2/c1-7-3-4(5)2-6/h2-3H,6H2,1H3/p+1/b4-2+,7-3?. The van der Waals surface area contributed by atoms with E-state index in [1.54, 1.807) is 6.21 Å². The second-order valence-corrected chi connectivity index (χ2v) is 1.90. The van der Waals surface area contributed by atoms with Crippen LogP contribution in [0.25, 0.3) is 0 Å². The molecule has 3 N–H and O–H groups in total. The predicted octanol–water partition coefficient (Wildman–Crippen LogP) is -1.04. The minimum Gasteiger partial charge on any atom is -0.404 e. The number of hydrogen-bond acceptors (Lipinski definition) is 1. The lowest BCUT2D eigenvalue weighted by Crippen LogP contribution is -2.63. The Bertz CT molecular complexity index is 95.9. The van der Waals surface area contributed by atoms with Gasteiger partial charge in [0.1, 0.15) is 7.05 Å². The molecule has 0 aromatic carbocycles. The predicted molar refractivity (Wildman–Crippen MR) is 34.1 cm³/mol. The first-order valence-corrected chi connectivity index (χ1v) is 2.68. The maximum absolute atomic E-state index is 5.08. The van der Waals surface area contributed by atoms with Gasteiger partial charge in [-0.3, -0.25) is 0 Å². The highest BCUT2D eigenvalue weighted by Crippen LogP contribution is 1.92. The molecule has 2 nitrogen and oxygen atoms in total. The molecule has 0 atom stereocenters. The zero-order chi connectivity index (χ0) is 5.70. The first-order valence-electron chi connectivity index (χ1n) is 1.89. The summed E-state index contributed by atoms with van der Waals surface area (Å²) in [7, 11) is 1.81. The summed E-state index contributed by atoms with van der Waals surface area (Å²) in [6.07, 6.45) is 3.22. The largest absolute Gasteiger partial charge is 0.404 e. The van der Waals surface area contributed by atoms with Gasteiger partial charge in [-0.15, -0.1) is 0 Å². The molecule has 0 aromatic heterocycles. The average molecular weight is 164 g/mol. The van der Waals surface area contributed by atoms with Gasteiger partial charge in [0, 0.05) is 6.20 Å². The molecule has 0 aromatic rings. The molecule has 0 saturated heterocycles. The van der Waals surface area contributed by atoms with E-state index in [0.717, 1.165) is 4.48 Å². The molecule has 40 valence electrons. The van der Waals surface area contributed by atoms with Crippen LogP contribution in [0.2, 0.25) is 0 Å². The SMILES string of the molecule is C[NH+]=C/C(Br)=C\N. The number of hydrogen-bond donors (Lipinski definition) is 2. The van der Waals surface area contributed by atoms with Crippen molar-refractivity contribution in [2.75, 3.05) is 7.05 Å². The third kappa shape index (κ3) is 3.52. The lowest BCUT2D eigenvalue weighted by Gasteiger charge is -1.73. The number of nitrogens with one attached hydrogen (secondary N) is 1. The van der Waals surface area contributed by atoms with Gasteiger partial charge in [0.2, 0.25) is 0 Å². The fraction of sp³-hybridized carbons (Fsp3) is 0.250. The molecule has 0 radical (unpaired) electrons. The summed E-state index contributed by atoms with van der Waals surface area (Å²) in [5, 5.41) is 0. The van der Waals surface area contributed by atoms with Gasteiger partial charge < -0.3 is 5.73 Å². The lowest BCUT2D eigenvalue weighted by molar-refractivity contribution is -0.413. The minimum absolute atomic E-state index is 0.856. The van der Waals surface area contributed by atoms with Gasteiger partial charge >= 0.3 is 0 Å². The Hall–Kier alpha value is -0.310. The number of allylic oxidation sites excluding steroid dienone is 1. The molecule has 0 aliphatic rings. The van der Waals surface area contributed by atoms with Gasteiger partial charge in [0.05, 0.1) is 4.48 Å². The molecule has 0 rings (SSSR count). The van der Waals surface area contributed by atoms with Gasteiger partial charge in [0.15, 0.2) is 6.21 Å². The summed E-state index contributed by atoms with van der Waals surface area (Å²) in [5.74, 6) is 0. The van der Waals surface area contributed by atoms with Crippen LogP contribution in [0.4, 0.5) is 0 Å². The molecule has 3 heteroatoms. The summed E-state index contributed by atoms with van der Waals surface area (Å²) in [4.78, 5) is 2.80. The van der Waals surface area contributed by atoms with Crippen molar-refractivity contribution in [2.24, 2.45) is 5.73 Å². The maximum Gasteiger partial charge on any atom is 0.177 e. The molecule has 7 heavy (non-hydrogen) atoms. The van der Waals surface area contributed by atoms with Gasteiger partial charge in [-0.25, -0.2) is 4.99 Å². The Labute approximate surface area is 51.2 Å². The van der Waals surface area contributed by atoms with Crippen molar-refractivity contribution in [3.8, 4) is 0 Å². The summed E-state index contributed by atoms with van der Waals surface area (Å²) < 4.78 is 0.856. The van der Waals surface area contributed by atoms with Crippen molar-refractivity contribution in [3.63, 3.8) is 0 Å². The molecule has 0 amide bonds. The Kier molecular flexibility index (Phi) is 3.69. The molecule has 0 saturated carbocycles. The smallest absolute Gasteiger partial charge is 0.177 e. The van der Waals surface area contributed by atoms with E-state index in [1.807, 2.05) is 7.05 Å². The van der Waals surface area contributed by atoms with E-state index in [4.69, 9.17) is 5.73 Å². The summed E-state index contributed by atoms with van der Waals surface area (Å²) in [5.41, 5.74) is 5.08. The Morgan fingerprint density at radius 2 is 2.43 bits per heavy atom. The Morgan fingerprint density at radius 1 is 1.86 bits per heavy atom. The van der Waals surface area contributed by atoms with Crippen LogP contribution in [0, 0.1) is 0 Å². The van der Waals surface area contributed by atoms with Crippen LogP contribution in [0.1, 0.15) is 0 Å². The number of nitrogens with two attached hydrogens (primary N) is 1. The van der Waals surface area contributed by atoms with Crippen molar-refractivity contribution < 1.29 is 4.99 Å². The Balaban J connectivity index is 3.58. The maximum atomic E-state index is 5.08. The van der Waals surface area contributed by atoms with Crippen molar-refractivity contribution in [1.82, 2.24) is 0 Å². The van der Waals surface area contributed by atoms with Crippen LogP contribution in [-0.4, -0.2) is 13.3 Å². The fourth-order valence-corrected chi connectivity index (χ4v) is 0.415. The van der Waals surface area contributed by atoms with Crippen LogP contribution in [0.5, 0.6) is 0 Å². The Morgan fingerprint density at radius 3 is 2.57 bits per heavy atom. The van der Waals surface area contributed by atoms with E-state index in [-0.39, 0.29) is 0 Å². The minimum atomic E-state index is 0.856. The molecular formula is C4H8BrN2+. The van der Waals surface area contributed by atoms with Gasteiger partial charge in [-0.05, 0) is 15.9 Å². The number of halogens is 1. The molecule has 0 spiro atoms. The van der Waals surface area contributed by atoms with Crippen LogP contribution < -0.4 is 10.7 Å². The van der Waals surface area contributed by atoms with Crippen LogP contribution in [0.15, 0.2) is 10.7 Å². The van der Waals surface area contributed by atoms with Crippen molar-refractivity contribution in [3.05, 3.63) is 10.7 Å². The van der Waals surface area contributed by atoms with E-state index in [9.17, 15) is 0 Å². The highest BCUT2D eigenvalue weighted by atomic mass is 79.9. The highest BCUT2D eigenvalue weighted by molar-refractivity contribution is 9.12. The van der Waals surface area contributed by atoms with E-state index in [1.165, 1.54) is 6.20 Å². The number of rotatable bonds is 1. The van der Waals surface area contributed by atoms with Crippen molar-refractivity contribution in [2.45, 2.75) is 0 Å². The van der Waals surface area contributed by atoms with E-state index >= 15 is 0 Å². The molecule has 0 fully saturated rings. The molecule has 0 unspecified atom stereocenters. The van der Waals surface area contributed by atoms with Gasteiger partial charge in [-0.1, -0.05) is 0 Å². The zero-order valence-electron chi connectivity index (χ0n) is 4.11. The van der Waals surface area contributed by atoms with Crippen LogP contribution in [-0.2, 0) is 0 Å². The van der Waals surface area contributed by atoms with E-state index in [2.05, 4.69) is 20.9 Å². The second-order valence-electron chi connectivity index (χ2n) is 0.985. The average Bonchev–Trinajstić information content (AvgIpc) is 1.68. The molecular weight excluding hydrogens is 156 g/mol. The normalized spacial score (nSPS) is 13.1. The fourth-order valence-electron chi connectivity index (χ4n) is 0.186. The summed E-state index contributed by atoms with van der Waals surface area (Å²) >= 11 is 3.16. The van der Waals surface area contributed by atoms with Crippen molar-refractivity contribution >= 4 is 22.1 Å². The zero-order valence-corrected chi connectivity index (χ0v) is 5.70. The van der Waals surface area contributed by atoms with Crippen LogP contribution >= 0.6 is 15.9 Å². The summed E-state index contributed by atoms with van der Waals surface area (Å²) in [6.45, 7) is 0. The van der Waals surface area contributed by atoms with E-state index in [0.29, 0.717) is 0 Å². The molecule has 0 aliphatic carbocycles. The molecule has 0 heterocycles.